The summed E-state index contributed by atoms with van der Waals surface area (Å²) >= 11 is 0. The second-order valence-electron chi connectivity index (χ2n) is 8.09. The van der Waals surface area contributed by atoms with Gasteiger partial charge >= 0.3 is 0 Å². The van der Waals surface area contributed by atoms with E-state index in [4.69, 9.17) is 14.1 Å². The van der Waals surface area contributed by atoms with E-state index >= 15 is 0 Å². The van der Waals surface area contributed by atoms with Crippen LogP contribution in [0.3, 0.4) is 0 Å². The summed E-state index contributed by atoms with van der Waals surface area (Å²) in [4.78, 5) is 19.7. The van der Waals surface area contributed by atoms with Crippen LogP contribution in [0.4, 0.5) is 4.39 Å². The molecule has 32 heavy (non-hydrogen) atoms. The zero-order valence-corrected chi connectivity index (χ0v) is 18.0. The quantitative estimate of drug-likeness (QED) is 0.403. The second kappa shape index (κ2) is 8.11. The van der Waals surface area contributed by atoms with Crippen LogP contribution in [-0.2, 0) is 0 Å². The lowest BCUT2D eigenvalue weighted by molar-refractivity contribution is 0.0716. The van der Waals surface area contributed by atoms with Gasteiger partial charge < -0.3 is 14.1 Å². The molecule has 0 N–H and O–H groups in total. The van der Waals surface area contributed by atoms with E-state index < -0.39 is 0 Å². The fraction of sp³-hybridized carbons (Fsp3) is 0.231. The maximum Gasteiger partial charge on any atom is 0.254 e. The Morgan fingerprint density at radius 1 is 1.12 bits per heavy atom. The predicted molar refractivity (Wildman–Crippen MR) is 120 cm³/mol. The van der Waals surface area contributed by atoms with Crippen LogP contribution in [0, 0.1) is 12.7 Å². The fourth-order valence-electron chi connectivity index (χ4n) is 4.28. The molecule has 5 rings (SSSR count). The Morgan fingerprint density at radius 2 is 1.94 bits per heavy atom. The number of nitrogens with zero attached hydrogens (tertiary/aromatic N) is 2. The van der Waals surface area contributed by atoms with Gasteiger partial charge in [0.1, 0.15) is 23.1 Å². The smallest absolute Gasteiger partial charge is 0.254 e. The van der Waals surface area contributed by atoms with Crippen molar-refractivity contribution in [1.29, 1.82) is 0 Å². The average molecular weight is 430 g/mol. The number of aromatic nitrogens is 1. The SMILES string of the molecule is COc1cccc(C(=O)N2CCC[C@H]2c2nc3cc(-c4ccc(F)c(C)c4)ccc3o2)c1. The maximum atomic E-state index is 13.6. The summed E-state index contributed by atoms with van der Waals surface area (Å²) in [5.74, 6) is 0.912. The number of methoxy groups -OCH3 is 1. The average Bonchev–Trinajstić information content (AvgIpc) is 3.46. The molecule has 0 radical (unpaired) electrons. The van der Waals surface area contributed by atoms with Gasteiger partial charge in [-0.3, -0.25) is 4.79 Å². The lowest BCUT2D eigenvalue weighted by Crippen LogP contribution is -2.30. The first-order valence-electron chi connectivity index (χ1n) is 10.7. The fourth-order valence-corrected chi connectivity index (χ4v) is 4.28. The summed E-state index contributed by atoms with van der Waals surface area (Å²) in [5.41, 5.74) is 4.44. The number of halogens is 1. The molecule has 5 nitrogen and oxygen atoms in total. The lowest BCUT2D eigenvalue weighted by Gasteiger charge is -2.22. The first-order chi connectivity index (χ1) is 15.5. The molecule has 162 valence electrons. The van der Waals surface area contributed by atoms with E-state index in [1.165, 1.54) is 6.07 Å². The van der Waals surface area contributed by atoms with Gasteiger partial charge in [-0.05, 0) is 78.9 Å². The highest BCUT2D eigenvalue weighted by molar-refractivity contribution is 5.95. The first-order valence-corrected chi connectivity index (χ1v) is 10.7. The lowest BCUT2D eigenvalue weighted by atomic mass is 10.0. The minimum absolute atomic E-state index is 0.0591. The number of carbonyl (C=O) groups excluding carboxylic acids is 1. The highest BCUT2D eigenvalue weighted by atomic mass is 19.1. The summed E-state index contributed by atoms with van der Waals surface area (Å²) in [7, 11) is 1.59. The Balaban J connectivity index is 1.45. The molecule has 1 atom stereocenters. The Kier molecular flexibility index (Phi) is 5.13. The molecule has 0 spiro atoms. The van der Waals surface area contributed by atoms with Crippen LogP contribution in [0.1, 0.15) is 40.7 Å². The van der Waals surface area contributed by atoms with Gasteiger partial charge in [-0.25, -0.2) is 9.37 Å². The van der Waals surface area contributed by atoms with Crippen molar-refractivity contribution in [3.8, 4) is 16.9 Å². The van der Waals surface area contributed by atoms with E-state index in [0.717, 1.165) is 29.5 Å². The molecule has 1 aromatic heterocycles. The molecule has 1 saturated heterocycles. The molecule has 1 aliphatic rings. The van der Waals surface area contributed by atoms with E-state index in [1.807, 2.05) is 41.3 Å². The summed E-state index contributed by atoms with van der Waals surface area (Å²) in [6.07, 6.45) is 1.69. The van der Waals surface area contributed by atoms with E-state index in [0.29, 0.717) is 34.9 Å². The van der Waals surface area contributed by atoms with E-state index in [9.17, 15) is 9.18 Å². The highest BCUT2D eigenvalue weighted by Crippen LogP contribution is 2.35. The molecule has 0 saturated carbocycles. The third kappa shape index (κ3) is 3.62. The number of ether oxygens (including phenoxy) is 1. The molecule has 1 amide bonds. The molecule has 1 fully saturated rings. The minimum Gasteiger partial charge on any atom is -0.497 e. The number of benzene rings is 3. The molecule has 6 heteroatoms. The Labute approximate surface area is 185 Å². The molecule has 1 aliphatic heterocycles. The van der Waals surface area contributed by atoms with Crippen molar-refractivity contribution in [2.45, 2.75) is 25.8 Å². The van der Waals surface area contributed by atoms with Crippen LogP contribution in [0.25, 0.3) is 22.2 Å². The first kappa shape index (κ1) is 20.2. The summed E-state index contributed by atoms with van der Waals surface area (Å²) < 4.78 is 25.0. The van der Waals surface area contributed by atoms with Crippen molar-refractivity contribution in [3.05, 3.63) is 83.5 Å². The number of amides is 1. The molecule has 0 unspecified atom stereocenters. The van der Waals surface area contributed by atoms with Crippen LogP contribution in [0.2, 0.25) is 0 Å². The van der Waals surface area contributed by atoms with Crippen LogP contribution >= 0.6 is 0 Å². The molecule has 0 bridgehead atoms. The van der Waals surface area contributed by atoms with Crippen molar-refractivity contribution in [3.63, 3.8) is 0 Å². The van der Waals surface area contributed by atoms with Crippen molar-refractivity contribution in [2.75, 3.05) is 13.7 Å². The van der Waals surface area contributed by atoms with Crippen molar-refractivity contribution in [1.82, 2.24) is 9.88 Å². The number of carbonyl (C=O) groups is 1. The Morgan fingerprint density at radius 3 is 2.75 bits per heavy atom. The Hall–Kier alpha value is -3.67. The number of oxazole rings is 1. The summed E-state index contributed by atoms with van der Waals surface area (Å²) in [5, 5.41) is 0. The summed E-state index contributed by atoms with van der Waals surface area (Å²) in [6, 6.07) is 17.8. The van der Waals surface area contributed by atoms with Gasteiger partial charge in [0.15, 0.2) is 5.58 Å². The zero-order chi connectivity index (χ0) is 22.2. The van der Waals surface area contributed by atoms with Crippen LogP contribution in [-0.4, -0.2) is 29.4 Å². The van der Waals surface area contributed by atoms with Crippen molar-refractivity contribution < 1.29 is 18.3 Å². The van der Waals surface area contributed by atoms with Crippen LogP contribution < -0.4 is 4.74 Å². The van der Waals surface area contributed by atoms with Gasteiger partial charge in [-0.15, -0.1) is 0 Å². The molecule has 4 aromatic rings. The third-order valence-corrected chi connectivity index (χ3v) is 6.01. The zero-order valence-electron chi connectivity index (χ0n) is 18.0. The third-order valence-electron chi connectivity index (χ3n) is 6.01. The number of hydrogen-bond donors (Lipinski definition) is 0. The molecular weight excluding hydrogens is 407 g/mol. The van der Waals surface area contributed by atoms with E-state index in [2.05, 4.69) is 0 Å². The summed E-state index contributed by atoms with van der Waals surface area (Å²) in [6.45, 7) is 2.40. The standard InChI is InChI=1S/C26H23FN2O3/c1-16-13-17(8-10-21(16)27)18-9-11-24-22(15-18)28-25(32-24)23-7-4-12-29(23)26(30)19-5-3-6-20(14-19)31-2/h3,5-6,8-11,13-15,23H,4,7,12H2,1-2H3/t23-/m0/s1. The number of aryl methyl sites for hydroxylation is 1. The van der Waals surface area contributed by atoms with Crippen LogP contribution in [0.15, 0.2) is 65.1 Å². The predicted octanol–water partition coefficient (Wildman–Crippen LogP) is 5.93. The number of likely N-dealkylation sites (tertiary alicyclic amines) is 1. The normalized spacial score (nSPS) is 16.0. The minimum atomic E-state index is -0.222. The van der Waals surface area contributed by atoms with Gasteiger partial charge in [0.25, 0.3) is 5.91 Å². The molecule has 3 aromatic carbocycles. The maximum absolute atomic E-state index is 13.6. The topological polar surface area (TPSA) is 55.6 Å². The van der Waals surface area contributed by atoms with Gasteiger partial charge in [0.05, 0.1) is 7.11 Å². The van der Waals surface area contributed by atoms with Gasteiger partial charge in [0.2, 0.25) is 5.89 Å². The molecule has 2 heterocycles. The van der Waals surface area contributed by atoms with E-state index in [1.54, 1.807) is 32.2 Å². The van der Waals surface area contributed by atoms with Crippen LogP contribution in [0.5, 0.6) is 5.75 Å². The van der Waals surface area contributed by atoms with E-state index in [-0.39, 0.29) is 17.8 Å². The largest absolute Gasteiger partial charge is 0.497 e. The number of fused-ring (bicyclic) bond motifs is 1. The van der Waals surface area contributed by atoms with Crippen molar-refractivity contribution in [2.24, 2.45) is 0 Å². The van der Waals surface area contributed by atoms with Crippen molar-refractivity contribution >= 4 is 17.0 Å². The molecule has 0 aliphatic carbocycles. The number of rotatable bonds is 4. The monoisotopic (exact) mass is 430 g/mol. The van der Waals surface area contributed by atoms with Gasteiger partial charge in [-0.2, -0.15) is 0 Å². The number of hydrogen-bond acceptors (Lipinski definition) is 4. The highest BCUT2D eigenvalue weighted by Gasteiger charge is 2.34. The van der Waals surface area contributed by atoms with Gasteiger partial charge in [0, 0.05) is 12.1 Å². The Bertz CT molecular complexity index is 1310. The molecular formula is C26H23FN2O3. The van der Waals surface area contributed by atoms with Gasteiger partial charge in [-0.1, -0.05) is 18.2 Å². The second-order valence-corrected chi connectivity index (χ2v) is 8.09.